The first kappa shape index (κ1) is 17.7. The Morgan fingerprint density at radius 2 is 1.58 bits per heavy atom. The van der Waals surface area contributed by atoms with Crippen LogP contribution in [0.2, 0.25) is 0 Å². The Hall–Kier alpha value is -2.62. The number of carbonyl (C=O) groups is 2. The largest absolute Gasteiger partial charge is 0.426 e. The predicted molar refractivity (Wildman–Crippen MR) is 92.6 cm³/mol. The van der Waals surface area contributed by atoms with Gasteiger partial charge in [0.2, 0.25) is 0 Å². The Kier molecular flexibility index (Phi) is 5.07. The lowest BCUT2D eigenvalue weighted by Crippen LogP contribution is -2.17. The zero-order valence-electron chi connectivity index (χ0n) is 14.7. The van der Waals surface area contributed by atoms with E-state index in [9.17, 15) is 9.59 Å². The van der Waals surface area contributed by atoms with E-state index in [-0.39, 0.29) is 16.7 Å². The number of rotatable bonds is 3. The molecule has 4 nitrogen and oxygen atoms in total. The summed E-state index contributed by atoms with van der Waals surface area (Å²) in [7, 11) is 0. The van der Waals surface area contributed by atoms with Crippen molar-refractivity contribution < 1.29 is 19.1 Å². The first-order valence-corrected chi connectivity index (χ1v) is 7.79. The van der Waals surface area contributed by atoms with Crippen LogP contribution in [0, 0.1) is 6.92 Å². The van der Waals surface area contributed by atoms with Gasteiger partial charge in [-0.3, -0.25) is 4.79 Å². The van der Waals surface area contributed by atoms with Crippen molar-refractivity contribution in [1.29, 1.82) is 0 Å². The van der Waals surface area contributed by atoms with Crippen molar-refractivity contribution in [3.05, 3.63) is 59.2 Å². The number of aryl methyl sites for hydroxylation is 1. The van der Waals surface area contributed by atoms with Gasteiger partial charge in [0.1, 0.15) is 17.1 Å². The summed E-state index contributed by atoms with van der Waals surface area (Å²) in [6, 6.07) is 12.3. The number of ether oxygens (including phenoxy) is 2. The highest BCUT2D eigenvalue weighted by Gasteiger charge is 2.22. The number of hydrogen-bond acceptors (Lipinski definition) is 4. The molecule has 0 saturated heterocycles. The van der Waals surface area contributed by atoms with E-state index in [1.165, 1.54) is 6.92 Å². The minimum absolute atomic E-state index is 0.168. The molecule has 0 radical (unpaired) electrons. The van der Waals surface area contributed by atoms with E-state index in [1.807, 2.05) is 25.1 Å². The zero-order chi connectivity index (χ0) is 17.9. The maximum atomic E-state index is 12.6. The van der Waals surface area contributed by atoms with E-state index < -0.39 is 11.9 Å². The third-order valence-electron chi connectivity index (χ3n) is 3.51. The summed E-state index contributed by atoms with van der Waals surface area (Å²) in [5, 5.41) is 0. The number of para-hydroxylation sites is 1. The maximum Gasteiger partial charge on any atom is 0.347 e. The highest BCUT2D eigenvalue weighted by atomic mass is 16.5. The van der Waals surface area contributed by atoms with Crippen LogP contribution in [0.4, 0.5) is 0 Å². The first-order chi connectivity index (χ1) is 11.2. The van der Waals surface area contributed by atoms with Crippen LogP contribution in [-0.4, -0.2) is 11.9 Å². The predicted octanol–water partition coefficient (Wildman–Crippen LogP) is 4.44. The molecule has 0 N–H and O–H groups in total. The second-order valence-corrected chi connectivity index (χ2v) is 6.73. The number of carbonyl (C=O) groups excluding carboxylic acids is 2. The van der Waals surface area contributed by atoms with Crippen LogP contribution >= 0.6 is 0 Å². The van der Waals surface area contributed by atoms with Gasteiger partial charge < -0.3 is 9.47 Å². The van der Waals surface area contributed by atoms with Gasteiger partial charge in [-0.05, 0) is 36.1 Å². The molecule has 0 aliphatic heterocycles. The monoisotopic (exact) mass is 326 g/mol. The van der Waals surface area contributed by atoms with Crippen LogP contribution in [0.5, 0.6) is 11.5 Å². The van der Waals surface area contributed by atoms with Crippen molar-refractivity contribution in [2.24, 2.45) is 0 Å². The van der Waals surface area contributed by atoms with E-state index >= 15 is 0 Å². The summed E-state index contributed by atoms with van der Waals surface area (Å²) < 4.78 is 10.7. The van der Waals surface area contributed by atoms with Gasteiger partial charge in [0.25, 0.3) is 0 Å². The molecule has 24 heavy (non-hydrogen) atoms. The summed E-state index contributed by atoms with van der Waals surface area (Å²) in [6.07, 6.45) is 0. The Morgan fingerprint density at radius 1 is 0.917 bits per heavy atom. The molecular formula is C20H22O4. The molecule has 0 unspecified atom stereocenters. The fourth-order valence-corrected chi connectivity index (χ4v) is 2.37. The van der Waals surface area contributed by atoms with E-state index in [0.717, 1.165) is 11.1 Å². The molecule has 4 heteroatoms. The molecule has 0 atom stereocenters. The van der Waals surface area contributed by atoms with Gasteiger partial charge in [-0.1, -0.05) is 45.0 Å². The summed E-state index contributed by atoms with van der Waals surface area (Å²) in [6.45, 7) is 9.41. The Bertz CT molecular complexity index is 769. The van der Waals surface area contributed by atoms with Crippen molar-refractivity contribution in [3.63, 3.8) is 0 Å². The summed E-state index contributed by atoms with van der Waals surface area (Å²) >= 11 is 0. The summed E-state index contributed by atoms with van der Waals surface area (Å²) in [5.74, 6) is -0.325. The van der Waals surface area contributed by atoms with E-state index in [0.29, 0.717) is 5.75 Å². The Labute approximate surface area is 142 Å². The van der Waals surface area contributed by atoms with Gasteiger partial charge in [0.05, 0.1) is 0 Å². The lowest BCUT2D eigenvalue weighted by atomic mass is 9.86. The van der Waals surface area contributed by atoms with Crippen molar-refractivity contribution in [1.82, 2.24) is 0 Å². The molecule has 2 rings (SSSR count). The van der Waals surface area contributed by atoms with Crippen molar-refractivity contribution in [3.8, 4) is 11.5 Å². The molecule has 0 saturated carbocycles. The van der Waals surface area contributed by atoms with Crippen LogP contribution in [0.3, 0.4) is 0 Å². The highest BCUT2D eigenvalue weighted by molar-refractivity contribution is 5.95. The summed E-state index contributed by atoms with van der Waals surface area (Å²) in [4.78, 5) is 23.8. The molecular weight excluding hydrogens is 304 g/mol. The molecule has 0 aromatic heterocycles. The van der Waals surface area contributed by atoms with E-state index in [1.54, 1.807) is 24.3 Å². The standard InChI is InChI=1S/C20H22O4/c1-13-10-11-16(20(3,4)5)18(12-13)24-19(22)15-8-6-7-9-17(15)23-14(2)21/h6-12H,1-5H3. The molecule has 0 aliphatic carbocycles. The van der Waals surface area contributed by atoms with Crippen LogP contribution in [0.25, 0.3) is 0 Å². The third-order valence-corrected chi connectivity index (χ3v) is 3.51. The van der Waals surface area contributed by atoms with Crippen LogP contribution in [0.15, 0.2) is 42.5 Å². The lowest BCUT2D eigenvalue weighted by molar-refractivity contribution is -0.131. The Morgan fingerprint density at radius 3 is 2.21 bits per heavy atom. The van der Waals surface area contributed by atoms with Gasteiger partial charge in [-0.25, -0.2) is 4.79 Å². The summed E-state index contributed by atoms with van der Waals surface area (Å²) in [5.41, 5.74) is 1.98. The average Bonchev–Trinajstić information content (AvgIpc) is 2.45. The quantitative estimate of drug-likeness (QED) is 0.618. The molecule has 0 fully saturated rings. The molecule has 0 spiro atoms. The normalized spacial score (nSPS) is 11.0. The molecule has 0 aliphatic rings. The molecule has 0 bridgehead atoms. The third kappa shape index (κ3) is 4.22. The van der Waals surface area contributed by atoms with Crippen LogP contribution in [0.1, 0.15) is 49.2 Å². The molecule has 126 valence electrons. The van der Waals surface area contributed by atoms with Gasteiger partial charge in [0.15, 0.2) is 0 Å². The maximum absolute atomic E-state index is 12.6. The van der Waals surface area contributed by atoms with Crippen molar-refractivity contribution >= 4 is 11.9 Å². The molecule has 0 amide bonds. The SMILES string of the molecule is CC(=O)Oc1ccccc1C(=O)Oc1cc(C)ccc1C(C)(C)C. The van der Waals surface area contributed by atoms with Crippen LogP contribution < -0.4 is 9.47 Å². The smallest absolute Gasteiger partial charge is 0.347 e. The van der Waals surface area contributed by atoms with Gasteiger partial charge >= 0.3 is 11.9 Å². The van der Waals surface area contributed by atoms with Gasteiger partial charge in [-0.15, -0.1) is 0 Å². The highest BCUT2D eigenvalue weighted by Crippen LogP contribution is 2.33. The van der Waals surface area contributed by atoms with E-state index in [4.69, 9.17) is 9.47 Å². The molecule has 2 aromatic carbocycles. The molecule has 2 aromatic rings. The Balaban J connectivity index is 2.38. The van der Waals surface area contributed by atoms with Gasteiger partial charge in [-0.2, -0.15) is 0 Å². The number of esters is 2. The number of hydrogen-bond donors (Lipinski definition) is 0. The van der Waals surface area contributed by atoms with Crippen molar-refractivity contribution in [2.45, 2.75) is 40.0 Å². The molecule has 0 heterocycles. The van der Waals surface area contributed by atoms with Crippen LogP contribution in [-0.2, 0) is 10.2 Å². The topological polar surface area (TPSA) is 52.6 Å². The van der Waals surface area contributed by atoms with E-state index in [2.05, 4.69) is 20.8 Å². The first-order valence-electron chi connectivity index (χ1n) is 7.79. The second kappa shape index (κ2) is 6.87. The fraction of sp³-hybridized carbons (Fsp3) is 0.300. The van der Waals surface area contributed by atoms with Crippen molar-refractivity contribution in [2.75, 3.05) is 0 Å². The second-order valence-electron chi connectivity index (χ2n) is 6.73. The zero-order valence-corrected chi connectivity index (χ0v) is 14.7. The minimum atomic E-state index is -0.553. The number of benzene rings is 2. The average molecular weight is 326 g/mol. The fourth-order valence-electron chi connectivity index (χ4n) is 2.37. The minimum Gasteiger partial charge on any atom is -0.426 e. The van der Waals surface area contributed by atoms with Gasteiger partial charge in [0, 0.05) is 12.5 Å². The lowest BCUT2D eigenvalue weighted by Gasteiger charge is -2.22.